The summed E-state index contributed by atoms with van der Waals surface area (Å²) in [6, 6.07) is 6.99. The van der Waals surface area contributed by atoms with E-state index >= 15 is 0 Å². The zero-order chi connectivity index (χ0) is 14.6. The van der Waals surface area contributed by atoms with Gasteiger partial charge in [0.25, 0.3) is 0 Å². The van der Waals surface area contributed by atoms with E-state index in [0.717, 1.165) is 0 Å². The van der Waals surface area contributed by atoms with Gasteiger partial charge in [-0.3, -0.25) is 9.10 Å². The van der Waals surface area contributed by atoms with E-state index in [2.05, 4.69) is 16.6 Å². The molecule has 0 radical (unpaired) electrons. The SMILES string of the molecule is COC(=O)CC#Cc1cccc(N2CCCS2(=O)=O)c1. The van der Waals surface area contributed by atoms with E-state index < -0.39 is 16.0 Å². The molecule has 0 bridgehead atoms. The van der Waals surface area contributed by atoms with E-state index in [9.17, 15) is 13.2 Å². The van der Waals surface area contributed by atoms with Crippen molar-refractivity contribution in [2.24, 2.45) is 0 Å². The Hall–Kier alpha value is -2.00. The number of esters is 1. The predicted octanol–water partition coefficient (Wildman–Crippen LogP) is 1.14. The van der Waals surface area contributed by atoms with Crippen LogP contribution in [0.5, 0.6) is 0 Å². The molecule has 1 aromatic carbocycles. The second-order valence-electron chi connectivity index (χ2n) is 4.35. The summed E-state index contributed by atoms with van der Waals surface area (Å²) in [5.41, 5.74) is 1.29. The van der Waals surface area contributed by atoms with Crippen LogP contribution in [0.25, 0.3) is 0 Å². The molecule has 6 heteroatoms. The van der Waals surface area contributed by atoms with E-state index in [-0.39, 0.29) is 12.2 Å². The molecule has 0 amide bonds. The van der Waals surface area contributed by atoms with Crippen molar-refractivity contribution in [1.29, 1.82) is 0 Å². The van der Waals surface area contributed by atoms with Crippen LogP contribution in [-0.2, 0) is 19.6 Å². The summed E-state index contributed by atoms with van der Waals surface area (Å²) >= 11 is 0. The molecule has 0 saturated carbocycles. The average Bonchev–Trinajstić information content (AvgIpc) is 2.78. The smallest absolute Gasteiger partial charge is 0.317 e. The van der Waals surface area contributed by atoms with Gasteiger partial charge in [0, 0.05) is 12.1 Å². The molecule has 1 aliphatic rings. The van der Waals surface area contributed by atoms with Crippen molar-refractivity contribution >= 4 is 21.7 Å². The highest BCUT2D eigenvalue weighted by molar-refractivity contribution is 7.93. The van der Waals surface area contributed by atoms with E-state index in [1.165, 1.54) is 11.4 Å². The molecule has 5 nitrogen and oxygen atoms in total. The molecule has 1 fully saturated rings. The molecule has 20 heavy (non-hydrogen) atoms. The van der Waals surface area contributed by atoms with E-state index in [1.54, 1.807) is 24.3 Å². The zero-order valence-corrected chi connectivity index (χ0v) is 11.9. The van der Waals surface area contributed by atoms with E-state index in [0.29, 0.717) is 24.2 Å². The molecule has 0 unspecified atom stereocenters. The van der Waals surface area contributed by atoms with Crippen LogP contribution in [-0.4, -0.2) is 33.8 Å². The maximum absolute atomic E-state index is 11.8. The van der Waals surface area contributed by atoms with Gasteiger partial charge in [0.2, 0.25) is 10.0 Å². The summed E-state index contributed by atoms with van der Waals surface area (Å²) in [5, 5.41) is 0. The van der Waals surface area contributed by atoms with Crippen LogP contribution in [0.15, 0.2) is 24.3 Å². The maximum atomic E-state index is 11.8. The monoisotopic (exact) mass is 293 g/mol. The molecule has 0 aliphatic carbocycles. The number of anilines is 1. The number of rotatable bonds is 2. The molecule has 1 aliphatic heterocycles. The number of carbonyl (C=O) groups excluding carboxylic acids is 1. The van der Waals surface area contributed by atoms with E-state index in [1.807, 2.05) is 0 Å². The standard InChI is InChI=1S/C14H15NO4S/c1-19-14(16)8-3-6-12-5-2-7-13(11-12)15-9-4-10-20(15,17)18/h2,5,7,11H,4,8-10H2,1H3. The number of hydrogen-bond acceptors (Lipinski definition) is 4. The van der Waals surface area contributed by atoms with E-state index in [4.69, 9.17) is 0 Å². The summed E-state index contributed by atoms with van der Waals surface area (Å²) in [5.74, 6) is 5.32. The van der Waals surface area contributed by atoms with Crippen LogP contribution >= 0.6 is 0 Å². The minimum absolute atomic E-state index is 0.0166. The van der Waals surface area contributed by atoms with Gasteiger partial charge in [-0.2, -0.15) is 0 Å². The van der Waals surface area contributed by atoms with Crippen LogP contribution in [0.1, 0.15) is 18.4 Å². The number of carbonyl (C=O) groups is 1. The number of sulfonamides is 1. The number of hydrogen-bond donors (Lipinski definition) is 0. The summed E-state index contributed by atoms with van der Waals surface area (Å²) in [7, 11) is -1.88. The van der Waals surface area contributed by atoms with Crippen LogP contribution in [0.4, 0.5) is 5.69 Å². The normalized spacial score (nSPS) is 16.4. The van der Waals surface area contributed by atoms with Gasteiger partial charge in [-0.1, -0.05) is 17.9 Å². The molecule has 1 aromatic rings. The number of nitrogens with zero attached hydrogens (tertiary/aromatic N) is 1. The first-order chi connectivity index (χ1) is 9.53. The number of benzene rings is 1. The fourth-order valence-electron chi connectivity index (χ4n) is 1.96. The van der Waals surface area contributed by atoms with Crippen molar-refractivity contribution in [2.45, 2.75) is 12.8 Å². The molecule has 0 N–H and O–H groups in total. The Balaban J connectivity index is 2.18. The molecule has 0 aromatic heterocycles. The largest absolute Gasteiger partial charge is 0.468 e. The highest BCUT2D eigenvalue weighted by Gasteiger charge is 2.28. The minimum atomic E-state index is -3.18. The Morgan fingerprint density at radius 1 is 1.45 bits per heavy atom. The molecule has 0 spiro atoms. The first kappa shape index (κ1) is 14.4. The minimum Gasteiger partial charge on any atom is -0.468 e. The summed E-state index contributed by atoms with van der Waals surface area (Å²) in [6.07, 6.45) is 0.656. The second-order valence-corrected chi connectivity index (χ2v) is 6.36. The van der Waals surface area contributed by atoms with Crippen LogP contribution in [0.2, 0.25) is 0 Å². The average molecular weight is 293 g/mol. The van der Waals surface area contributed by atoms with Gasteiger partial charge in [-0.15, -0.1) is 0 Å². The lowest BCUT2D eigenvalue weighted by molar-refractivity contribution is -0.139. The fraction of sp³-hybridized carbons (Fsp3) is 0.357. The number of ether oxygens (including phenoxy) is 1. The molecular weight excluding hydrogens is 278 g/mol. The Labute approximate surface area is 118 Å². The number of methoxy groups -OCH3 is 1. The van der Waals surface area contributed by atoms with Gasteiger partial charge in [0.1, 0.15) is 6.42 Å². The Kier molecular flexibility index (Phi) is 4.30. The summed E-state index contributed by atoms with van der Waals surface area (Å²) < 4.78 is 29.6. The lowest BCUT2D eigenvalue weighted by Crippen LogP contribution is -2.24. The molecular formula is C14H15NO4S. The van der Waals surface area contributed by atoms with Crippen LogP contribution < -0.4 is 4.31 Å². The molecule has 0 atom stereocenters. The fourth-order valence-corrected chi connectivity index (χ4v) is 3.52. The molecule has 2 rings (SSSR count). The van der Waals surface area contributed by atoms with Gasteiger partial charge in [-0.25, -0.2) is 8.42 Å². The van der Waals surface area contributed by atoms with Crippen molar-refractivity contribution in [3.8, 4) is 11.8 Å². The zero-order valence-electron chi connectivity index (χ0n) is 11.1. The Morgan fingerprint density at radius 2 is 2.25 bits per heavy atom. The van der Waals surface area contributed by atoms with Gasteiger partial charge in [0.15, 0.2) is 0 Å². The third-order valence-electron chi connectivity index (χ3n) is 2.93. The van der Waals surface area contributed by atoms with Gasteiger partial charge >= 0.3 is 5.97 Å². The van der Waals surface area contributed by atoms with Gasteiger partial charge in [0.05, 0.1) is 18.6 Å². The third-order valence-corrected chi connectivity index (χ3v) is 4.80. The van der Waals surface area contributed by atoms with Gasteiger partial charge < -0.3 is 4.74 Å². The van der Waals surface area contributed by atoms with Gasteiger partial charge in [-0.05, 0) is 24.6 Å². The topological polar surface area (TPSA) is 63.7 Å². The molecule has 106 valence electrons. The molecule has 1 heterocycles. The van der Waals surface area contributed by atoms with Crippen LogP contribution in [0, 0.1) is 11.8 Å². The highest BCUT2D eigenvalue weighted by atomic mass is 32.2. The highest BCUT2D eigenvalue weighted by Crippen LogP contribution is 2.24. The summed E-state index contributed by atoms with van der Waals surface area (Å²) in [6.45, 7) is 0.501. The van der Waals surface area contributed by atoms with Crippen molar-refractivity contribution in [2.75, 3.05) is 23.7 Å². The van der Waals surface area contributed by atoms with Crippen molar-refractivity contribution < 1.29 is 17.9 Å². The maximum Gasteiger partial charge on any atom is 0.317 e. The predicted molar refractivity (Wildman–Crippen MR) is 75.7 cm³/mol. The third kappa shape index (κ3) is 3.31. The second kappa shape index (κ2) is 5.97. The quantitative estimate of drug-likeness (QED) is 0.606. The Bertz CT molecular complexity index is 670. The molecule has 1 saturated heterocycles. The first-order valence-corrected chi connectivity index (χ1v) is 7.80. The Morgan fingerprint density at radius 3 is 2.90 bits per heavy atom. The lowest BCUT2D eigenvalue weighted by Gasteiger charge is -2.16. The van der Waals surface area contributed by atoms with Crippen LogP contribution in [0.3, 0.4) is 0 Å². The van der Waals surface area contributed by atoms with Crippen molar-refractivity contribution in [3.05, 3.63) is 29.8 Å². The van der Waals surface area contributed by atoms with Crippen molar-refractivity contribution in [1.82, 2.24) is 0 Å². The summed E-state index contributed by atoms with van der Waals surface area (Å²) in [4.78, 5) is 11.0. The first-order valence-electron chi connectivity index (χ1n) is 6.19. The van der Waals surface area contributed by atoms with Crippen molar-refractivity contribution in [3.63, 3.8) is 0 Å². The lowest BCUT2D eigenvalue weighted by atomic mass is 10.2.